The van der Waals surface area contributed by atoms with E-state index in [2.05, 4.69) is 10.3 Å². The number of nitrogens with one attached hydrogen (secondary N) is 1. The molecule has 0 fully saturated rings. The molecular weight excluding hydrogens is 259 g/mol. The van der Waals surface area contributed by atoms with Gasteiger partial charge in [-0.1, -0.05) is 17.7 Å². The van der Waals surface area contributed by atoms with E-state index in [9.17, 15) is 9.18 Å². The predicted octanol–water partition coefficient (Wildman–Crippen LogP) is 2.71. The van der Waals surface area contributed by atoms with Crippen LogP contribution in [0.5, 0.6) is 0 Å². The third kappa shape index (κ3) is 2.51. The molecule has 0 aliphatic heterocycles. The number of amides is 1. The summed E-state index contributed by atoms with van der Waals surface area (Å²) in [6, 6.07) is 4.08. The summed E-state index contributed by atoms with van der Waals surface area (Å²) in [5, 5.41) is 2.60. The number of oxazole rings is 1. The van der Waals surface area contributed by atoms with Crippen LogP contribution in [0, 0.1) is 12.7 Å². The SMILES string of the molecule is Cc1ncoc1CNC(=O)c1c(F)cccc1Cl. The van der Waals surface area contributed by atoms with E-state index < -0.39 is 11.7 Å². The van der Waals surface area contributed by atoms with Gasteiger partial charge in [0.15, 0.2) is 6.39 Å². The lowest BCUT2D eigenvalue weighted by Crippen LogP contribution is -2.24. The minimum Gasteiger partial charge on any atom is -0.446 e. The molecule has 0 unspecified atom stereocenters. The molecule has 18 heavy (non-hydrogen) atoms. The molecule has 94 valence electrons. The van der Waals surface area contributed by atoms with Gasteiger partial charge in [0, 0.05) is 0 Å². The smallest absolute Gasteiger partial charge is 0.256 e. The minimum absolute atomic E-state index is 0.0711. The molecule has 1 aromatic carbocycles. The number of aryl methyl sites for hydroxylation is 1. The quantitative estimate of drug-likeness (QED) is 0.931. The second kappa shape index (κ2) is 5.18. The first-order valence-corrected chi connectivity index (χ1v) is 5.58. The summed E-state index contributed by atoms with van der Waals surface area (Å²) >= 11 is 5.78. The Bertz CT molecular complexity index is 563. The van der Waals surface area contributed by atoms with Crippen molar-refractivity contribution >= 4 is 17.5 Å². The summed E-state index contributed by atoms with van der Waals surface area (Å²) in [7, 11) is 0. The van der Waals surface area contributed by atoms with Gasteiger partial charge in [-0.2, -0.15) is 0 Å². The Morgan fingerprint density at radius 3 is 2.94 bits per heavy atom. The zero-order valence-corrected chi connectivity index (χ0v) is 10.3. The minimum atomic E-state index is -0.658. The first kappa shape index (κ1) is 12.6. The summed E-state index contributed by atoms with van der Waals surface area (Å²) in [6.07, 6.45) is 1.28. The average Bonchev–Trinajstić information content (AvgIpc) is 2.72. The largest absolute Gasteiger partial charge is 0.446 e. The van der Waals surface area contributed by atoms with Crippen molar-refractivity contribution in [2.45, 2.75) is 13.5 Å². The Morgan fingerprint density at radius 2 is 2.33 bits per heavy atom. The van der Waals surface area contributed by atoms with E-state index in [-0.39, 0.29) is 17.1 Å². The molecule has 0 atom stereocenters. The molecule has 0 saturated heterocycles. The van der Waals surface area contributed by atoms with Gasteiger partial charge < -0.3 is 9.73 Å². The molecule has 0 aliphatic rings. The van der Waals surface area contributed by atoms with Crippen molar-refractivity contribution in [3.05, 3.63) is 52.5 Å². The molecule has 6 heteroatoms. The summed E-state index contributed by atoms with van der Waals surface area (Å²) in [5.74, 6) is -0.723. The van der Waals surface area contributed by atoms with Gasteiger partial charge >= 0.3 is 0 Å². The lowest BCUT2D eigenvalue weighted by molar-refractivity contribution is 0.0944. The molecule has 4 nitrogen and oxygen atoms in total. The van der Waals surface area contributed by atoms with Gasteiger partial charge in [0.05, 0.1) is 22.8 Å². The normalized spacial score (nSPS) is 10.4. The molecule has 2 rings (SSSR count). The molecule has 0 aliphatic carbocycles. The second-order valence-electron chi connectivity index (χ2n) is 3.64. The van der Waals surface area contributed by atoms with Crippen LogP contribution >= 0.6 is 11.6 Å². The predicted molar refractivity (Wildman–Crippen MR) is 63.8 cm³/mol. The van der Waals surface area contributed by atoms with Crippen LogP contribution < -0.4 is 5.32 Å². The molecule has 1 heterocycles. The van der Waals surface area contributed by atoms with Gasteiger partial charge in [-0.15, -0.1) is 0 Å². The maximum atomic E-state index is 13.5. The van der Waals surface area contributed by atoms with Crippen LogP contribution in [0.2, 0.25) is 5.02 Å². The van der Waals surface area contributed by atoms with Crippen molar-refractivity contribution in [3.63, 3.8) is 0 Å². The standard InChI is InChI=1S/C12H10ClFN2O2/c1-7-10(18-6-16-7)5-15-12(17)11-8(13)3-2-4-9(11)14/h2-4,6H,5H2,1H3,(H,15,17). The van der Waals surface area contributed by atoms with Crippen LogP contribution in [0.3, 0.4) is 0 Å². The van der Waals surface area contributed by atoms with Gasteiger partial charge in [-0.25, -0.2) is 9.37 Å². The van der Waals surface area contributed by atoms with Gasteiger partial charge in [0.1, 0.15) is 11.6 Å². The second-order valence-corrected chi connectivity index (χ2v) is 4.05. The third-order valence-corrected chi connectivity index (χ3v) is 2.76. The highest BCUT2D eigenvalue weighted by atomic mass is 35.5. The Labute approximate surface area is 108 Å². The third-order valence-electron chi connectivity index (χ3n) is 2.44. The molecule has 0 saturated carbocycles. The number of carbonyl (C=O) groups is 1. The van der Waals surface area contributed by atoms with Crippen molar-refractivity contribution in [2.24, 2.45) is 0 Å². The van der Waals surface area contributed by atoms with E-state index in [1.54, 1.807) is 6.92 Å². The average molecular weight is 269 g/mol. The van der Waals surface area contributed by atoms with Crippen LogP contribution in [-0.2, 0) is 6.54 Å². The van der Waals surface area contributed by atoms with Crippen molar-refractivity contribution in [1.82, 2.24) is 10.3 Å². The molecule has 1 aromatic heterocycles. The zero-order valence-electron chi connectivity index (χ0n) is 9.54. The number of hydrogen-bond donors (Lipinski definition) is 1. The van der Waals surface area contributed by atoms with Crippen LogP contribution in [0.1, 0.15) is 21.8 Å². The van der Waals surface area contributed by atoms with E-state index >= 15 is 0 Å². The summed E-state index contributed by atoms with van der Waals surface area (Å²) < 4.78 is 18.5. The number of halogens is 2. The molecule has 0 radical (unpaired) electrons. The lowest BCUT2D eigenvalue weighted by Gasteiger charge is -2.06. The first-order chi connectivity index (χ1) is 8.59. The number of carbonyl (C=O) groups excluding carboxylic acids is 1. The van der Waals surface area contributed by atoms with Gasteiger partial charge in [0.2, 0.25) is 0 Å². The summed E-state index contributed by atoms with van der Waals surface area (Å²) in [5.41, 5.74) is 0.506. The highest BCUT2D eigenvalue weighted by Crippen LogP contribution is 2.18. The first-order valence-electron chi connectivity index (χ1n) is 5.20. The van der Waals surface area contributed by atoms with Crippen LogP contribution in [0.15, 0.2) is 29.0 Å². The van der Waals surface area contributed by atoms with E-state index in [0.717, 1.165) is 0 Å². The summed E-state index contributed by atoms with van der Waals surface area (Å²) in [4.78, 5) is 15.7. The monoisotopic (exact) mass is 268 g/mol. The number of aromatic nitrogens is 1. The van der Waals surface area contributed by atoms with E-state index in [0.29, 0.717) is 11.5 Å². The molecule has 2 aromatic rings. The topological polar surface area (TPSA) is 55.1 Å². The van der Waals surface area contributed by atoms with Crippen molar-refractivity contribution in [1.29, 1.82) is 0 Å². The van der Waals surface area contributed by atoms with E-state index in [4.69, 9.17) is 16.0 Å². The fraction of sp³-hybridized carbons (Fsp3) is 0.167. The van der Waals surface area contributed by atoms with Crippen molar-refractivity contribution in [2.75, 3.05) is 0 Å². The van der Waals surface area contributed by atoms with Crippen LogP contribution in [0.25, 0.3) is 0 Å². The number of benzene rings is 1. The van der Waals surface area contributed by atoms with Crippen LogP contribution in [-0.4, -0.2) is 10.9 Å². The van der Waals surface area contributed by atoms with Gasteiger partial charge in [-0.05, 0) is 19.1 Å². The Balaban J connectivity index is 2.11. The van der Waals surface area contributed by atoms with Crippen molar-refractivity contribution < 1.29 is 13.6 Å². The molecular formula is C12H10ClFN2O2. The highest BCUT2D eigenvalue weighted by molar-refractivity contribution is 6.33. The number of nitrogens with zero attached hydrogens (tertiary/aromatic N) is 1. The lowest BCUT2D eigenvalue weighted by atomic mass is 10.2. The maximum absolute atomic E-state index is 13.5. The fourth-order valence-corrected chi connectivity index (χ4v) is 1.71. The Hall–Kier alpha value is -1.88. The van der Waals surface area contributed by atoms with E-state index in [1.807, 2.05) is 0 Å². The molecule has 1 N–H and O–H groups in total. The zero-order chi connectivity index (χ0) is 13.1. The van der Waals surface area contributed by atoms with Gasteiger partial charge in [0.25, 0.3) is 5.91 Å². The van der Waals surface area contributed by atoms with Crippen molar-refractivity contribution in [3.8, 4) is 0 Å². The molecule has 0 spiro atoms. The maximum Gasteiger partial charge on any atom is 0.256 e. The van der Waals surface area contributed by atoms with Crippen LogP contribution in [0.4, 0.5) is 4.39 Å². The highest BCUT2D eigenvalue weighted by Gasteiger charge is 2.16. The molecule has 1 amide bonds. The Morgan fingerprint density at radius 1 is 1.56 bits per heavy atom. The summed E-state index contributed by atoms with van der Waals surface area (Å²) in [6.45, 7) is 1.89. The number of rotatable bonds is 3. The Kier molecular flexibility index (Phi) is 3.62. The fourth-order valence-electron chi connectivity index (χ4n) is 1.46. The van der Waals surface area contributed by atoms with Gasteiger partial charge in [-0.3, -0.25) is 4.79 Å². The molecule has 0 bridgehead atoms. The number of hydrogen-bond acceptors (Lipinski definition) is 3. The van der Waals surface area contributed by atoms with E-state index in [1.165, 1.54) is 24.6 Å².